The van der Waals surface area contributed by atoms with Crippen LogP contribution in [0.25, 0.3) is 0 Å². The van der Waals surface area contributed by atoms with Crippen LogP contribution in [0.5, 0.6) is 0 Å². The monoisotopic (exact) mass is 277 g/mol. The third-order valence-corrected chi connectivity index (χ3v) is 5.27. The molecular formula is C17H27NS. The zero-order valence-electron chi connectivity index (χ0n) is 12.5. The number of hydrogen-bond acceptors (Lipinski definition) is 2. The molecule has 0 aromatic heterocycles. The van der Waals surface area contributed by atoms with Crippen LogP contribution < -0.4 is 5.32 Å². The van der Waals surface area contributed by atoms with Gasteiger partial charge >= 0.3 is 0 Å². The van der Waals surface area contributed by atoms with Gasteiger partial charge in [-0.15, -0.1) is 11.8 Å². The van der Waals surface area contributed by atoms with E-state index in [1.54, 1.807) is 0 Å². The van der Waals surface area contributed by atoms with Gasteiger partial charge in [0.1, 0.15) is 0 Å². The lowest BCUT2D eigenvalue weighted by Gasteiger charge is -2.27. The Morgan fingerprint density at radius 2 is 2.05 bits per heavy atom. The first-order chi connectivity index (χ1) is 9.15. The van der Waals surface area contributed by atoms with Crippen molar-refractivity contribution >= 4 is 11.8 Å². The van der Waals surface area contributed by atoms with Crippen LogP contribution in [0.2, 0.25) is 0 Å². The van der Waals surface area contributed by atoms with E-state index in [2.05, 4.69) is 62.1 Å². The van der Waals surface area contributed by atoms with Crippen molar-refractivity contribution in [2.24, 2.45) is 5.92 Å². The summed E-state index contributed by atoms with van der Waals surface area (Å²) in [6, 6.07) is 9.44. The highest BCUT2D eigenvalue weighted by Gasteiger charge is 2.20. The molecule has 1 aromatic rings. The van der Waals surface area contributed by atoms with Crippen molar-refractivity contribution in [2.45, 2.75) is 69.2 Å². The molecule has 1 saturated carbocycles. The number of nitrogens with one attached hydrogen (secondary N) is 1. The molecule has 0 bridgehead atoms. The van der Waals surface area contributed by atoms with E-state index in [0.717, 1.165) is 17.7 Å². The second-order valence-electron chi connectivity index (χ2n) is 6.15. The van der Waals surface area contributed by atoms with Gasteiger partial charge in [-0.1, -0.05) is 51.8 Å². The Bertz CT molecular complexity index is 389. The van der Waals surface area contributed by atoms with Gasteiger partial charge in [0, 0.05) is 22.7 Å². The lowest BCUT2D eigenvalue weighted by Crippen LogP contribution is -2.22. The molecule has 1 N–H and O–H groups in total. The van der Waals surface area contributed by atoms with Gasteiger partial charge in [0.15, 0.2) is 0 Å². The molecule has 1 aliphatic rings. The van der Waals surface area contributed by atoms with Crippen molar-refractivity contribution in [3.05, 3.63) is 29.8 Å². The predicted octanol–water partition coefficient (Wildman–Crippen LogP) is 4.86. The van der Waals surface area contributed by atoms with Crippen molar-refractivity contribution in [3.8, 4) is 0 Å². The van der Waals surface area contributed by atoms with E-state index in [4.69, 9.17) is 0 Å². The molecule has 2 unspecified atom stereocenters. The van der Waals surface area contributed by atoms with Gasteiger partial charge in [0.05, 0.1) is 0 Å². The fraction of sp³-hybridized carbons (Fsp3) is 0.647. The maximum Gasteiger partial charge on any atom is 0.0218 e. The average Bonchev–Trinajstić information content (AvgIpc) is 2.38. The summed E-state index contributed by atoms with van der Waals surface area (Å²) in [5, 5.41) is 4.36. The molecule has 1 aromatic carbocycles. The minimum Gasteiger partial charge on any atom is -0.310 e. The summed E-state index contributed by atoms with van der Waals surface area (Å²) >= 11 is 2.11. The highest BCUT2D eigenvalue weighted by molar-refractivity contribution is 8.00. The van der Waals surface area contributed by atoms with Crippen LogP contribution in [-0.4, -0.2) is 11.3 Å². The van der Waals surface area contributed by atoms with E-state index in [-0.39, 0.29) is 0 Å². The van der Waals surface area contributed by atoms with E-state index in [9.17, 15) is 0 Å². The van der Waals surface area contributed by atoms with Gasteiger partial charge in [0.25, 0.3) is 0 Å². The molecule has 2 atom stereocenters. The lowest BCUT2D eigenvalue weighted by atomic mass is 9.91. The van der Waals surface area contributed by atoms with E-state index >= 15 is 0 Å². The highest BCUT2D eigenvalue weighted by Crippen LogP contribution is 2.37. The van der Waals surface area contributed by atoms with Gasteiger partial charge in [-0.05, 0) is 30.4 Å². The molecule has 19 heavy (non-hydrogen) atoms. The highest BCUT2D eigenvalue weighted by atomic mass is 32.2. The molecule has 0 heterocycles. The van der Waals surface area contributed by atoms with Crippen molar-refractivity contribution in [2.75, 3.05) is 0 Å². The summed E-state index contributed by atoms with van der Waals surface area (Å²) in [7, 11) is 0. The number of hydrogen-bond donors (Lipinski definition) is 1. The molecule has 1 fully saturated rings. The van der Waals surface area contributed by atoms with Gasteiger partial charge in [-0.3, -0.25) is 0 Å². The Kier molecular flexibility index (Phi) is 5.77. The van der Waals surface area contributed by atoms with Crippen molar-refractivity contribution in [3.63, 3.8) is 0 Å². The van der Waals surface area contributed by atoms with Crippen LogP contribution in [0, 0.1) is 5.92 Å². The molecule has 1 nitrogen and oxygen atoms in total. The Morgan fingerprint density at radius 1 is 1.26 bits per heavy atom. The Morgan fingerprint density at radius 3 is 2.79 bits per heavy atom. The second-order valence-corrected chi connectivity index (χ2v) is 7.50. The largest absolute Gasteiger partial charge is 0.310 e. The van der Waals surface area contributed by atoms with Gasteiger partial charge in [-0.25, -0.2) is 0 Å². The van der Waals surface area contributed by atoms with Crippen LogP contribution in [0.1, 0.15) is 52.0 Å². The first-order valence-corrected chi connectivity index (χ1v) is 8.51. The topological polar surface area (TPSA) is 12.0 Å². The summed E-state index contributed by atoms with van der Waals surface area (Å²) in [5.41, 5.74) is 1.46. The second kappa shape index (κ2) is 7.35. The third-order valence-electron chi connectivity index (χ3n) is 3.86. The molecular weight excluding hydrogens is 250 g/mol. The number of thioether (sulfide) groups is 1. The minimum atomic E-state index is 0.549. The van der Waals surface area contributed by atoms with Crippen LogP contribution in [0.15, 0.2) is 29.2 Å². The maximum atomic E-state index is 3.53. The first kappa shape index (κ1) is 14.9. The Balaban J connectivity index is 1.98. The zero-order valence-corrected chi connectivity index (χ0v) is 13.3. The van der Waals surface area contributed by atoms with Crippen LogP contribution in [0.3, 0.4) is 0 Å². The predicted molar refractivity (Wildman–Crippen MR) is 85.7 cm³/mol. The summed E-state index contributed by atoms with van der Waals surface area (Å²) < 4.78 is 0. The minimum absolute atomic E-state index is 0.549. The SMILES string of the molecule is CC1CCCC(Sc2ccccc2CNC(C)C)C1. The number of rotatable bonds is 5. The van der Waals surface area contributed by atoms with E-state index in [1.807, 2.05) is 0 Å². The smallest absolute Gasteiger partial charge is 0.0218 e. The van der Waals surface area contributed by atoms with E-state index < -0.39 is 0 Å². The van der Waals surface area contributed by atoms with Crippen molar-refractivity contribution in [1.29, 1.82) is 0 Å². The normalized spacial score (nSPS) is 23.8. The van der Waals surface area contributed by atoms with Crippen LogP contribution >= 0.6 is 11.8 Å². The molecule has 106 valence electrons. The standard InChI is InChI=1S/C17H27NS/c1-13(2)18-12-15-8-4-5-10-17(15)19-16-9-6-7-14(3)11-16/h4-5,8,10,13-14,16,18H,6-7,9,11-12H2,1-3H3. The third kappa shape index (κ3) is 4.85. The number of benzene rings is 1. The zero-order chi connectivity index (χ0) is 13.7. The van der Waals surface area contributed by atoms with Crippen molar-refractivity contribution < 1.29 is 0 Å². The molecule has 0 aliphatic heterocycles. The molecule has 2 heteroatoms. The van der Waals surface area contributed by atoms with E-state index in [0.29, 0.717) is 6.04 Å². The maximum absolute atomic E-state index is 3.53. The summed E-state index contributed by atoms with van der Waals surface area (Å²) in [4.78, 5) is 1.48. The first-order valence-electron chi connectivity index (χ1n) is 7.63. The molecule has 0 amide bonds. The van der Waals surface area contributed by atoms with Gasteiger partial charge in [0.2, 0.25) is 0 Å². The van der Waals surface area contributed by atoms with Crippen molar-refractivity contribution in [1.82, 2.24) is 5.32 Å². The lowest BCUT2D eigenvalue weighted by molar-refractivity contribution is 0.394. The summed E-state index contributed by atoms with van der Waals surface area (Å²) in [6.45, 7) is 7.80. The van der Waals surface area contributed by atoms with E-state index in [1.165, 1.54) is 36.1 Å². The fourth-order valence-electron chi connectivity index (χ4n) is 2.74. The molecule has 0 radical (unpaired) electrons. The van der Waals surface area contributed by atoms with Gasteiger partial charge < -0.3 is 5.32 Å². The Hall–Kier alpha value is -0.470. The fourth-order valence-corrected chi connectivity index (χ4v) is 4.26. The summed E-state index contributed by atoms with van der Waals surface area (Å²) in [6.07, 6.45) is 5.61. The van der Waals surface area contributed by atoms with Gasteiger partial charge in [-0.2, -0.15) is 0 Å². The molecule has 0 saturated heterocycles. The van der Waals surface area contributed by atoms with Crippen LogP contribution in [0.4, 0.5) is 0 Å². The average molecular weight is 277 g/mol. The quantitative estimate of drug-likeness (QED) is 0.825. The Labute approximate surface area is 122 Å². The molecule has 1 aliphatic carbocycles. The molecule has 0 spiro atoms. The van der Waals surface area contributed by atoms with Crippen LogP contribution in [-0.2, 0) is 6.54 Å². The molecule has 2 rings (SSSR count). The summed E-state index contributed by atoms with van der Waals surface area (Å²) in [5.74, 6) is 0.909.